The van der Waals surface area contributed by atoms with E-state index in [0.717, 1.165) is 11.5 Å². The van der Waals surface area contributed by atoms with Crippen LogP contribution in [0.2, 0.25) is 0 Å². The summed E-state index contributed by atoms with van der Waals surface area (Å²) in [5.74, 6) is 3.24. The van der Waals surface area contributed by atoms with Crippen LogP contribution in [0, 0.1) is 11.8 Å². The summed E-state index contributed by atoms with van der Waals surface area (Å²) in [4.78, 5) is 0. The minimum Gasteiger partial charge on any atom is -0.493 e. The number of hydrogen-bond acceptors (Lipinski definition) is 4. The normalized spacial score (nSPS) is 23.5. The zero-order valence-corrected chi connectivity index (χ0v) is 13.5. The first kappa shape index (κ1) is 16.0. The molecule has 4 nitrogen and oxygen atoms in total. The first-order valence-electron chi connectivity index (χ1n) is 7.66. The van der Waals surface area contributed by atoms with Crippen molar-refractivity contribution in [3.63, 3.8) is 0 Å². The van der Waals surface area contributed by atoms with Crippen LogP contribution in [0.1, 0.15) is 44.2 Å². The highest BCUT2D eigenvalue weighted by atomic mass is 16.5. The fourth-order valence-electron chi connectivity index (χ4n) is 3.45. The third kappa shape index (κ3) is 3.26. The van der Waals surface area contributed by atoms with Crippen LogP contribution in [-0.4, -0.2) is 21.3 Å². The van der Waals surface area contributed by atoms with Crippen LogP contribution in [0.3, 0.4) is 0 Å². The molecule has 2 rings (SSSR count). The van der Waals surface area contributed by atoms with Crippen LogP contribution in [0.4, 0.5) is 0 Å². The molecule has 21 heavy (non-hydrogen) atoms. The van der Waals surface area contributed by atoms with Gasteiger partial charge < -0.3 is 19.9 Å². The van der Waals surface area contributed by atoms with Gasteiger partial charge in [0.2, 0.25) is 5.75 Å². The first-order chi connectivity index (χ1) is 10.1. The minimum absolute atomic E-state index is 0.0255. The number of methoxy groups -OCH3 is 3. The molecule has 0 bridgehead atoms. The summed E-state index contributed by atoms with van der Waals surface area (Å²) in [6.07, 6.45) is 4.93. The minimum atomic E-state index is -0.0255. The van der Waals surface area contributed by atoms with E-state index < -0.39 is 0 Å². The molecule has 1 aliphatic rings. The van der Waals surface area contributed by atoms with Crippen molar-refractivity contribution >= 4 is 0 Å². The molecule has 1 saturated carbocycles. The van der Waals surface area contributed by atoms with E-state index in [1.807, 2.05) is 12.1 Å². The van der Waals surface area contributed by atoms with Crippen molar-refractivity contribution in [2.45, 2.75) is 38.6 Å². The van der Waals surface area contributed by atoms with E-state index in [4.69, 9.17) is 19.9 Å². The summed E-state index contributed by atoms with van der Waals surface area (Å²) >= 11 is 0. The molecular formula is C17H27NO3. The van der Waals surface area contributed by atoms with E-state index >= 15 is 0 Å². The van der Waals surface area contributed by atoms with Gasteiger partial charge in [0.1, 0.15) is 0 Å². The molecule has 1 aromatic carbocycles. The van der Waals surface area contributed by atoms with E-state index in [1.54, 1.807) is 21.3 Å². The van der Waals surface area contributed by atoms with Crippen LogP contribution in [0.15, 0.2) is 12.1 Å². The molecule has 0 amide bonds. The van der Waals surface area contributed by atoms with Crippen molar-refractivity contribution in [2.75, 3.05) is 21.3 Å². The SMILES string of the molecule is COc1ccc(C(N)C2CCCC(C)C2)c(OC)c1OC. The van der Waals surface area contributed by atoms with E-state index in [1.165, 1.54) is 25.7 Å². The van der Waals surface area contributed by atoms with Crippen LogP contribution in [0.25, 0.3) is 0 Å². The zero-order chi connectivity index (χ0) is 15.4. The number of benzene rings is 1. The summed E-state index contributed by atoms with van der Waals surface area (Å²) in [7, 11) is 4.90. The van der Waals surface area contributed by atoms with Gasteiger partial charge in [-0.15, -0.1) is 0 Å². The van der Waals surface area contributed by atoms with E-state index in [2.05, 4.69) is 6.92 Å². The Morgan fingerprint density at radius 2 is 1.76 bits per heavy atom. The summed E-state index contributed by atoms with van der Waals surface area (Å²) in [5, 5.41) is 0. The monoisotopic (exact) mass is 293 g/mol. The first-order valence-corrected chi connectivity index (χ1v) is 7.66. The molecule has 1 fully saturated rings. The lowest BCUT2D eigenvalue weighted by Crippen LogP contribution is -2.26. The van der Waals surface area contributed by atoms with Gasteiger partial charge in [-0.25, -0.2) is 0 Å². The van der Waals surface area contributed by atoms with Gasteiger partial charge in [0.05, 0.1) is 21.3 Å². The third-order valence-corrected chi connectivity index (χ3v) is 4.58. The van der Waals surface area contributed by atoms with Gasteiger partial charge >= 0.3 is 0 Å². The van der Waals surface area contributed by atoms with Crippen molar-refractivity contribution < 1.29 is 14.2 Å². The Morgan fingerprint density at radius 3 is 2.33 bits per heavy atom. The highest BCUT2D eigenvalue weighted by Gasteiger charge is 2.29. The Kier molecular flexibility index (Phi) is 5.34. The lowest BCUT2D eigenvalue weighted by molar-refractivity contribution is 0.243. The Morgan fingerprint density at radius 1 is 1.05 bits per heavy atom. The van der Waals surface area contributed by atoms with Gasteiger partial charge in [0, 0.05) is 11.6 Å². The van der Waals surface area contributed by atoms with Crippen molar-refractivity contribution in [3.05, 3.63) is 17.7 Å². The highest BCUT2D eigenvalue weighted by molar-refractivity contribution is 5.56. The largest absolute Gasteiger partial charge is 0.493 e. The van der Waals surface area contributed by atoms with Gasteiger partial charge in [-0.05, 0) is 36.8 Å². The average Bonchev–Trinajstić information content (AvgIpc) is 2.52. The molecule has 118 valence electrons. The predicted molar refractivity (Wildman–Crippen MR) is 84.1 cm³/mol. The maximum Gasteiger partial charge on any atom is 0.203 e. The molecule has 2 N–H and O–H groups in total. The molecular weight excluding hydrogens is 266 g/mol. The summed E-state index contributed by atoms with van der Waals surface area (Å²) in [5.41, 5.74) is 7.56. The van der Waals surface area contributed by atoms with E-state index in [0.29, 0.717) is 23.2 Å². The van der Waals surface area contributed by atoms with Crippen LogP contribution in [-0.2, 0) is 0 Å². The molecule has 0 aliphatic heterocycles. The fourth-order valence-corrected chi connectivity index (χ4v) is 3.45. The summed E-state index contributed by atoms with van der Waals surface area (Å²) in [6, 6.07) is 3.88. The third-order valence-electron chi connectivity index (χ3n) is 4.58. The van der Waals surface area contributed by atoms with Crippen LogP contribution in [0.5, 0.6) is 17.2 Å². The lowest BCUT2D eigenvalue weighted by Gasteiger charge is -2.32. The number of nitrogens with two attached hydrogens (primary N) is 1. The van der Waals surface area contributed by atoms with Crippen molar-refractivity contribution in [1.82, 2.24) is 0 Å². The maximum atomic E-state index is 6.55. The second-order valence-corrected chi connectivity index (χ2v) is 5.98. The molecule has 0 saturated heterocycles. The van der Waals surface area contributed by atoms with Crippen molar-refractivity contribution in [2.24, 2.45) is 17.6 Å². The van der Waals surface area contributed by atoms with Crippen molar-refractivity contribution in [1.29, 1.82) is 0 Å². The summed E-state index contributed by atoms with van der Waals surface area (Å²) < 4.78 is 16.3. The maximum absolute atomic E-state index is 6.55. The van der Waals surface area contributed by atoms with Gasteiger partial charge in [0.15, 0.2) is 11.5 Å². The molecule has 0 radical (unpaired) electrons. The van der Waals surface area contributed by atoms with Crippen LogP contribution < -0.4 is 19.9 Å². The molecule has 0 heterocycles. The van der Waals surface area contributed by atoms with Gasteiger partial charge in [-0.1, -0.05) is 19.8 Å². The van der Waals surface area contributed by atoms with E-state index in [-0.39, 0.29) is 6.04 Å². The van der Waals surface area contributed by atoms with Crippen LogP contribution >= 0.6 is 0 Å². The topological polar surface area (TPSA) is 53.7 Å². The van der Waals surface area contributed by atoms with Gasteiger partial charge in [-0.3, -0.25) is 0 Å². The molecule has 1 aromatic rings. The number of hydrogen-bond donors (Lipinski definition) is 1. The van der Waals surface area contributed by atoms with E-state index in [9.17, 15) is 0 Å². The number of ether oxygens (including phenoxy) is 3. The standard InChI is InChI=1S/C17H27NO3/c1-11-6-5-7-12(10-11)15(18)13-8-9-14(19-2)17(21-4)16(13)20-3/h8-9,11-12,15H,5-7,10,18H2,1-4H3. The molecule has 1 aliphatic carbocycles. The second kappa shape index (κ2) is 7.03. The molecule has 0 aromatic heterocycles. The Hall–Kier alpha value is -1.42. The number of rotatable bonds is 5. The summed E-state index contributed by atoms with van der Waals surface area (Å²) in [6.45, 7) is 2.31. The van der Waals surface area contributed by atoms with Crippen molar-refractivity contribution in [3.8, 4) is 17.2 Å². The van der Waals surface area contributed by atoms with Gasteiger partial charge in [-0.2, -0.15) is 0 Å². The van der Waals surface area contributed by atoms with Gasteiger partial charge in [0.25, 0.3) is 0 Å². The molecule has 0 spiro atoms. The molecule has 3 unspecified atom stereocenters. The average molecular weight is 293 g/mol. The molecule has 3 atom stereocenters. The predicted octanol–water partition coefficient (Wildman–Crippen LogP) is 3.54. The highest BCUT2D eigenvalue weighted by Crippen LogP contribution is 2.45. The molecule has 4 heteroatoms. The smallest absolute Gasteiger partial charge is 0.203 e. The Labute approximate surface area is 127 Å². The second-order valence-electron chi connectivity index (χ2n) is 5.98. The lowest BCUT2D eigenvalue weighted by atomic mass is 9.77. The Bertz CT molecular complexity index is 475. The Balaban J connectivity index is 2.33. The quantitative estimate of drug-likeness (QED) is 0.902. The zero-order valence-electron chi connectivity index (χ0n) is 13.5. The fraction of sp³-hybridized carbons (Fsp3) is 0.647.